The third-order valence-corrected chi connectivity index (χ3v) is 3.46. The molecule has 120 valence electrons. The molecule has 1 heterocycles. The molecule has 2 aromatic rings. The lowest BCUT2D eigenvalue weighted by atomic mass is 10.1. The summed E-state index contributed by atoms with van der Waals surface area (Å²) >= 11 is 0. The maximum Gasteiger partial charge on any atom is 0.203 e. The van der Waals surface area contributed by atoms with E-state index in [-0.39, 0.29) is 0 Å². The Balaban J connectivity index is 2.29. The molecule has 1 aromatic carbocycles. The van der Waals surface area contributed by atoms with E-state index in [0.29, 0.717) is 29.4 Å². The van der Waals surface area contributed by atoms with Crippen molar-refractivity contribution in [2.24, 2.45) is 0 Å². The fourth-order valence-corrected chi connectivity index (χ4v) is 2.30. The summed E-state index contributed by atoms with van der Waals surface area (Å²) in [6, 6.07) is 9.38. The number of pyridine rings is 1. The number of hydrogen-bond acceptors (Lipinski definition) is 6. The third-order valence-electron chi connectivity index (χ3n) is 3.46. The van der Waals surface area contributed by atoms with Crippen LogP contribution in [0.1, 0.15) is 11.1 Å². The van der Waals surface area contributed by atoms with E-state index in [4.69, 9.17) is 19.5 Å². The predicted octanol–water partition coefficient (Wildman–Crippen LogP) is 2.62. The molecule has 0 radical (unpaired) electrons. The van der Waals surface area contributed by atoms with Crippen molar-refractivity contribution in [3.8, 4) is 23.3 Å². The normalized spacial score (nSPS) is 9.87. The van der Waals surface area contributed by atoms with Gasteiger partial charge in [-0.25, -0.2) is 4.98 Å². The van der Waals surface area contributed by atoms with Gasteiger partial charge >= 0.3 is 0 Å². The molecule has 6 heteroatoms. The van der Waals surface area contributed by atoms with Crippen LogP contribution in [0, 0.1) is 11.3 Å². The van der Waals surface area contributed by atoms with Crippen molar-refractivity contribution in [2.75, 3.05) is 33.3 Å². The molecular formula is C17H19N3O3. The molecule has 0 saturated carbocycles. The molecule has 0 aliphatic rings. The van der Waals surface area contributed by atoms with Crippen LogP contribution in [0.4, 0.5) is 5.82 Å². The second kappa shape index (κ2) is 7.36. The number of anilines is 1. The zero-order chi connectivity index (χ0) is 16.8. The first kappa shape index (κ1) is 16.4. The summed E-state index contributed by atoms with van der Waals surface area (Å²) in [7, 11) is 6.69. The van der Waals surface area contributed by atoms with E-state index in [1.54, 1.807) is 33.6 Å². The lowest BCUT2D eigenvalue weighted by molar-refractivity contribution is 0.322. The fraction of sp³-hybridized carbons (Fsp3) is 0.294. The van der Waals surface area contributed by atoms with E-state index in [9.17, 15) is 0 Å². The Hall–Kier alpha value is -2.94. The van der Waals surface area contributed by atoms with Gasteiger partial charge in [0.2, 0.25) is 5.75 Å². The minimum atomic E-state index is 0.533. The smallest absolute Gasteiger partial charge is 0.203 e. The highest BCUT2D eigenvalue weighted by Gasteiger charge is 2.17. The van der Waals surface area contributed by atoms with Gasteiger partial charge in [-0.3, -0.25) is 0 Å². The monoisotopic (exact) mass is 313 g/mol. The van der Waals surface area contributed by atoms with Gasteiger partial charge < -0.3 is 19.1 Å². The van der Waals surface area contributed by atoms with Crippen LogP contribution >= 0.6 is 0 Å². The van der Waals surface area contributed by atoms with Gasteiger partial charge in [0.05, 0.1) is 26.9 Å². The first-order valence-electron chi connectivity index (χ1n) is 6.99. The van der Waals surface area contributed by atoms with Crippen molar-refractivity contribution in [3.05, 3.63) is 41.6 Å². The zero-order valence-electron chi connectivity index (χ0n) is 13.7. The molecule has 6 nitrogen and oxygen atoms in total. The summed E-state index contributed by atoms with van der Waals surface area (Å²) < 4.78 is 16.2. The van der Waals surface area contributed by atoms with Gasteiger partial charge in [0, 0.05) is 25.4 Å². The number of rotatable bonds is 6. The van der Waals surface area contributed by atoms with Crippen LogP contribution in [0.3, 0.4) is 0 Å². The van der Waals surface area contributed by atoms with Gasteiger partial charge in [0.1, 0.15) is 11.9 Å². The van der Waals surface area contributed by atoms with E-state index < -0.39 is 0 Å². The average molecular weight is 313 g/mol. The zero-order valence-corrected chi connectivity index (χ0v) is 13.7. The maximum absolute atomic E-state index is 8.83. The molecular weight excluding hydrogens is 294 g/mol. The number of benzene rings is 1. The van der Waals surface area contributed by atoms with Crippen molar-refractivity contribution in [1.29, 1.82) is 5.26 Å². The van der Waals surface area contributed by atoms with Gasteiger partial charge in [-0.1, -0.05) is 0 Å². The van der Waals surface area contributed by atoms with Gasteiger partial charge in [-0.15, -0.1) is 0 Å². The molecule has 0 fully saturated rings. The van der Waals surface area contributed by atoms with Crippen molar-refractivity contribution >= 4 is 5.82 Å². The number of nitrogens with zero attached hydrogens (tertiary/aromatic N) is 3. The maximum atomic E-state index is 8.83. The van der Waals surface area contributed by atoms with E-state index in [2.05, 4.69) is 11.1 Å². The molecule has 0 aliphatic carbocycles. The summed E-state index contributed by atoms with van der Waals surface area (Å²) in [6.07, 6.45) is 1.55. The Morgan fingerprint density at radius 1 is 1.04 bits per heavy atom. The second-order valence-electron chi connectivity index (χ2n) is 4.87. The minimum absolute atomic E-state index is 0.533. The molecule has 2 rings (SSSR count). The molecule has 23 heavy (non-hydrogen) atoms. The van der Waals surface area contributed by atoms with Crippen LogP contribution in [-0.2, 0) is 6.54 Å². The fourth-order valence-electron chi connectivity index (χ4n) is 2.30. The Bertz CT molecular complexity index is 708. The molecule has 0 atom stereocenters. The van der Waals surface area contributed by atoms with E-state index >= 15 is 0 Å². The standard InChI is InChI=1S/C17H19N3O3/c1-20(15-8-5-12(9-18)10-19-15)11-13-6-7-14(21-2)17(23-4)16(13)22-3/h5-8,10H,11H2,1-4H3. The van der Waals surface area contributed by atoms with E-state index in [1.165, 1.54) is 0 Å². The van der Waals surface area contributed by atoms with Crippen molar-refractivity contribution in [2.45, 2.75) is 6.54 Å². The lowest BCUT2D eigenvalue weighted by Crippen LogP contribution is -2.18. The second-order valence-corrected chi connectivity index (χ2v) is 4.87. The molecule has 0 unspecified atom stereocenters. The Kier molecular flexibility index (Phi) is 5.26. The third kappa shape index (κ3) is 3.46. The quantitative estimate of drug-likeness (QED) is 0.816. The van der Waals surface area contributed by atoms with Gasteiger partial charge in [0.15, 0.2) is 11.5 Å². The number of hydrogen-bond donors (Lipinski definition) is 0. The largest absolute Gasteiger partial charge is 0.493 e. The molecule has 0 bridgehead atoms. The van der Waals surface area contributed by atoms with Crippen LogP contribution in [0.2, 0.25) is 0 Å². The predicted molar refractivity (Wildman–Crippen MR) is 87.2 cm³/mol. The summed E-state index contributed by atoms with van der Waals surface area (Å²) in [5.74, 6) is 2.58. The van der Waals surface area contributed by atoms with Gasteiger partial charge in [0.25, 0.3) is 0 Å². The highest BCUT2D eigenvalue weighted by atomic mass is 16.5. The molecule has 0 N–H and O–H groups in total. The topological polar surface area (TPSA) is 67.6 Å². The van der Waals surface area contributed by atoms with Crippen LogP contribution in [-0.4, -0.2) is 33.4 Å². The first-order valence-corrected chi connectivity index (χ1v) is 6.99. The first-order chi connectivity index (χ1) is 11.1. The Morgan fingerprint density at radius 3 is 2.30 bits per heavy atom. The number of ether oxygens (including phenoxy) is 3. The number of nitriles is 1. The minimum Gasteiger partial charge on any atom is -0.493 e. The average Bonchev–Trinajstić information content (AvgIpc) is 2.61. The molecule has 1 aromatic heterocycles. The summed E-state index contributed by atoms with van der Waals surface area (Å²) in [5, 5.41) is 8.83. The van der Waals surface area contributed by atoms with Crippen LogP contribution in [0.5, 0.6) is 17.2 Å². The summed E-state index contributed by atoms with van der Waals surface area (Å²) in [4.78, 5) is 6.25. The molecule has 0 aliphatic heterocycles. The molecule has 0 saturated heterocycles. The Morgan fingerprint density at radius 2 is 1.78 bits per heavy atom. The SMILES string of the molecule is COc1ccc(CN(C)c2ccc(C#N)cn2)c(OC)c1OC. The Labute approximate surface area is 135 Å². The summed E-state index contributed by atoms with van der Waals surface area (Å²) in [5.41, 5.74) is 1.48. The number of methoxy groups -OCH3 is 3. The number of aromatic nitrogens is 1. The molecule has 0 amide bonds. The van der Waals surface area contributed by atoms with Crippen LogP contribution < -0.4 is 19.1 Å². The molecule has 0 spiro atoms. The van der Waals surface area contributed by atoms with Crippen molar-refractivity contribution in [3.63, 3.8) is 0 Å². The summed E-state index contributed by atoms with van der Waals surface area (Å²) in [6.45, 7) is 0.572. The van der Waals surface area contributed by atoms with Gasteiger partial charge in [-0.05, 0) is 24.3 Å². The lowest BCUT2D eigenvalue weighted by Gasteiger charge is -2.21. The van der Waals surface area contributed by atoms with Gasteiger partial charge in [-0.2, -0.15) is 5.26 Å². The van der Waals surface area contributed by atoms with Crippen molar-refractivity contribution < 1.29 is 14.2 Å². The van der Waals surface area contributed by atoms with E-state index in [0.717, 1.165) is 11.4 Å². The highest BCUT2D eigenvalue weighted by Crippen LogP contribution is 2.40. The highest BCUT2D eigenvalue weighted by molar-refractivity contribution is 5.57. The van der Waals surface area contributed by atoms with E-state index in [1.807, 2.05) is 30.1 Å². The van der Waals surface area contributed by atoms with Crippen molar-refractivity contribution in [1.82, 2.24) is 4.98 Å². The van der Waals surface area contributed by atoms with Crippen LogP contribution in [0.25, 0.3) is 0 Å². The van der Waals surface area contributed by atoms with Crippen LogP contribution in [0.15, 0.2) is 30.5 Å².